The molecule has 3 aromatic rings. The molecule has 3 heterocycles. The van der Waals surface area contributed by atoms with Gasteiger partial charge in [-0.15, -0.1) is 0 Å². The highest BCUT2D eigenvalue weighted by Gasteiger charge is 2.23. The van der Waals surface area contributed by atoms with Gasteiger partial charge in [0.2, 0.25) is 5.96 Å². The zero-order chi connectivity index (χ0) is 22.3. The van der Waals surface area contributed by atoms with Crippen LogP contribution < -0.4 is 19.7 Å². The standard InChI is InChI=1S/C22H24N8O2/c1-31-19-10-17-18(11-20(19)32-2)27-15-28-21(17)29-6-8-30(9-7-29)22(26-14-23)25-13-16-4-3-5-24-12-16/h3-5,10-12,15H,6-9,13H2,1-2H3,(H,25,26). The number of anilines is 1. The molecule has 164 valence electrons. The molecule has 0 unspecified atom stereocenters. The van der Waals surface area contributed by atoms with Crippen LogP contribution in [0.1, 0.15) is 5.56 Å². The molecule has 0 aliphatic carbocycles. The Bertz CT molecular complexity index is 1140. The summed E-state index contributed by atoms with van der Waals surface area (Å²) in [6.45, 7) is 3.29. The number of aromatic nitrogens is 3. The van der Waals surface area contributed by atoms with E-state index in [0.29, 0.717) is 37.1 Å². The van der Waals surface area contributed by atoms with Crippen LogP contribution in [0.5, 0.6) is 11.5 Å². The molecule has 0 atom stereocenters. The predicted octanol–water partition coefficient (Wildman–Crippen LogP) is 1.79. The Morgan fingerprint density at radius 1 is 1.16 bits per heavy atom. The maximum Gasteiger partial charge on any atom is 0.207 e. The number of pyridine rings is 1. The Morgan fingerprint density at radius 2 is 1.94 bits per heavy atom. The van der Waals surface area contributed by atoms with Crippen molar-refractivity contribution in [2.24, 2.45) is 4.99 Å². The molecule has 10 nitrogen and oxygen atoms in total. The molecule has 2 aromatic heterocycles. The molecule has 1 aliphatic rings. The van der Waals surface area contributed by atoms with E-state index >= 15 is 0 Å². The van der Waals surface area contributed by atoms with E-state index in [-0.39, 0.29) is 0 Å². The Morgan fingerprint density at radius 3 is 2.62 bits per heavy atom. The van der Waals surface area contributed by atoms with Gasteiger partial charge in [0.15, 0.2) is 17.7 Å². The quantitative estimate of drug-likeness (QED) is 0.279. The van der Waals surface area contributed by atoms with Crippen molar-refractivity contribution in [3.8, 4) is 17.7 Å². The summed E-state index contributed by atoms with van der Waals surface area (Å²) in [5.41, 5.74) is 1.78. The first-order valence-corrected chi connectivity index (χ1v) is 10.2. The lowest BCUT2D eigenvalue weighted by molar-refractivity contribution is 0.355. The number of nitrogens with zero attached hydrogens (tertiary/aromatic N) is 7. The van der Waals surface area contributed by atoms with Gasteiger partial charge >= 0.3 is 0 Å². The Hall–Kier alpha value is -4.13. The SMILES string of the molecule is COc1cc2ncnc(N3CCN(C(=NCc4cccnc4)NC#N)CC3)c2cc1OC. The topological polar surface area (TPSA) is 112 Å². The second kappa shape index (κ2) is 9.78. The minimum Gasteiger partial charge on any atom is -0.493 e. The maximum absolute atomic E-state index is 9.17. The van der Waals surface area contributed by atoms with E-state index in [1.54, 1.807) is 32.9 Å². The van der Waals surface area contributed by atoms with Crippen LogP contribution in [0.4, 0.5) is 5.82 Å². The lowest BCUT2D eigenvalue weighted by atomic mass is 10.2. The highest BCUT2D eigenvalue weighted by molar-refractivity contribution is 5.92. The fourth-order valence-corrected chi connectivity index (χ4v) is 3.68. The molecule has 0 spiro atoms. The van der Waals surface area contributed by atoms with Crippen molar-refractivity contribution in [3.63, 3.8) is 0 Å². The van der Waals surface area contributed by atoms with Crippen LogP contribution in [0, 0.1) is 11.5 Å². The molecule has 10 heteroatoms. The van der Waals surface area contributed by atoms with Gasteiger partial charge in [-0.25, -0.2) is 15.0 Å². The second-order valence-corrected chi connectivity index (χ2v) is 7.13. The molecule has 32 heavy (non-hydrogen) atoms. The van der Waals surface area contributed by atoms with Gasteiger partial charge in [0.25, 0.3) is 0 Å². The van der Waals surface area contributed by atoms with Gasteiger partial charge in [0.1, 0.15) is 12.1 Å². The van der Waals surface area contributed by atoms with E-state index in [1.807, 2.05) is 30.5 Å². The van der Waals surface area contributed by atoms with Gasteiger partial charge < -0.3 is 19.3 Å². The van der Waals surface area contributed by atoms with Crippen molar-refractivity contribution in [1.82, 2.24) is 25.2 Å². The molecular formula is C22H24N8O2. The molecule has 1 N–H and O–H groups in total. The highest BCUT2D eigenvalue weighted by Crippen LogP contribution is 2.34. The molecule has 4 rings (SSSR count). The van der Waals surface area contributed by atoms with Crippen LogP contribution in [0.15, 0.2) is 48.0 Å². The lowest BCUT2D eigenvalue weighted by Gasteiger charge is -2.36. The van der Waals surface area contributed by atoms with Crippen LogP contribution in [0.3, 0.4) is 0 Å². The Balaban J connectivity index is 1.51. The minimum atomic E-state index is 0.455. The fourth-order valence-electron chi connectivity index (χ4n) is 3.68. The second-order valence-electron chi connectivity index (χ2n) is 7.13. The van der Waals surface area contributed by atoms with E-state index < -0.39 is 0 Å². The maximum atomic E-state index is 9.17. The van der Waals surface area contributed by atoms with Crippen LogP contribution >= 0.6 is 0 Å². The van der Waals surface area contributed by atoms with Crippen LogP contribution in [-0.2, 0) is 6.54 Å². The summed E-state index contributed by atoms with van der Waals surface area (Å²) < 4.78 is 10.9. The number of hydrogen-bond acceptors (Lipinski definition) is 8. The van der Waals surface area contributed by atoms with E-state index in [2.05, 4.69) is 35.1 Å². The minimum absolute atomic E-state index is 0.455. The van der Waals surface area contributed by atoms with E-state index in [0.717, 1.165) is 35.4 Å². The number of ether oxygens (including phenoxy) is 2. The van der Waals surface area contributed by atoms with Gasteiger partial charge in [-0.3, -0.25) is 10.3 Å². The van der Waals surface area contributed by atoms with Gasteiger partial charge in [-0.1, -0.05) is 6.07 Å². The predicted molar refractivity (Wildman–Crippen MR) is 121 cm³/mol. The average Bonchev–Trinajstić information content (AvgIpc) is 2.86. The fraction of sp³-hybridized carbons (Fsp3) is 0.318. The summed E-state index contributed by atoms with van der Waals surface area (Å²) >= 11 is 0. The third-order valence-corrected chi connectivity index (χ3v) is 5.30. The van der Waals surface area contributed by atoms with Crippen molar-refractivity contribution < 1.29 is 9.47 Å². The molecule has 1 fully saturated rings. The number of aliphatic imine (C=N–C) groups is 1. The summed E-state index contributed by atoms with van der Waals surface area (Å²) in [6, 6.07) is 7.60. The molecule has 1 saturated heterocycles. The van der Waals surface area contributed by atoms with Crippen molar-refractivity contribution in [3.05, 3.63) is 48.5 Å². The molecule has 0 bridgehead atoms. The Labute approximate surface area is 186 Å². The number of rotatable bonds is 5. The number of methoxy groups -OCH3 is 2. The van der Waals surface area contributed by atoms with E-state index in [9.17, 15) is 5.26 Å². The lowest BCUT2D eigenvalue weighted by Crippen LogP contribution is -2.52. The number of benzene rings is 1. The normalized spacial score (nSPS) is 14.2. The number of fused-ring (bicyclic) bond motifs is 1. The number of nitriles is 1. The van der Waals surface area contributed by atoms with Gasteiger partial charge in [-0.2, -0.15) is 5.26 Å². The van der Waals surface area contributed by atoms with Crippen molar-refractivity contribution in [2.45, 2.75) is 6.54 Å². The summed E-state index contributed by atoms with van der Waals surface area (Å²) in [5.74, 6) is 2.68. The molecule has 1 aromatic carbocycles. The first-order chi connectivity index (χ1) is 15.7. The zero-order valence-electron chi connectivity index (χ0n) is 18.0. The van der Waals surface area contributed by atoms with Crippen molar-refractivity contribution in [2.75, 3.05) is 45.3 Å². The van der Waals surface area contributed by atoms with Crippen molar-refractivity contribution in [1.29, 1.82) is 5.26 Å². The van der Waals surface area contributed by atoms with Crippen LogP contribution in [-0.4, -0.2) is 66.2 Å². The number of hydrogen-bond donors (Lipinski definition) is 1. The molecule has 0 saturated carbocycles. The smallest absolute Gasteiger partial charge is 0.207 e. The molecule has 1 aliphatic heterocycles. The van der Waals surface area contributed by atoms with Crippen LogP contribution in [0.25, 0.3) is 10.9 Å². The summed E-state index contributed by atoms with van der Waals surface area (Å²) in [7, 11) is 3.22. The largest absolute Gasteiger partial charge is 0.493 e. The van der Waals surface area contributed by atoms with Crippen molar-refractivity contribution >= 4 is 22.7 Å². The number of nitrogens with one attached hydrogen (secondary N) is 1. The third-order valence-electron chi connectivity index (χ3n) is 5.30. The summed E-state index contributed by atoms with van der Waals surface area (Å²) in [6.07, 6.45) is 7.06. The first kappa shape index (κ1) is 21.1. The van der Waals surface area contributed by atoms with Gasteiger partial charge in [0, 0.05) is 50.0 Å². The van der Waals surface area contributed by atoms with Gasteiger partial charge in [0.05, 0.1) is 26.3 Å². The molecule has 0 radical (unpaired) electrons. The number of guanidine groups is 1. The molecule has 0 amide bonds. The third kappa shape index (κ3) is 4.46. The van der Waals surface area contributed by atoms with E-state index in [4.69, 9.17) is 9.47 Å². The van der Waals surface area contributed by atoms with Crippen LogP contribution in [0.2, 0.25) is 0 Å². The summed E-state index contributed by atoms with van der Waals surface area (Å²) in [4.78, 5) is 21.9. The number of piperazine rings is 1. The summed E-state index contributed by atoms with van der Waals surface area (Å²) in [5, 5.41) is 12.8. The molecular weight excluding hydrogens is 408 g/mol. The van der Waals surface area contributed by atoms with Gasteiger partial charge in [-0.05, 0) is 17.7 Å². The Kier molecular flexibility index (Phi) is 6.46. The average molecular weight is 432 g/mol. The zero-order valence-corrected chi connectivity index (χ0v) is 18.0. The highest BCUT2D eigenvalue weighted by atomic mass is 16.5. The monoisotopic (exact) mass is 432 g/mol. The van der Waals surface area contributed by atoms with E-state index in [1.165, 1.54) is 0 Å². The first-order valence-electron chi connectivity index (χ1n) is 10.2.